The van der Waals surface area contributed by atoms with Crippen LogP contribution >= 0.6 is 0 Å². The van der Waals surface area contributed by atoms with Gasteiger partial charge in [0.25, 0.3) is 0 Å². The van der Waals surface area contributed by atoms with Gasteiger partial charge >= 0.3 is 11.9 Å². The van der Waals surface area contributed by atoms with Gasteiger partial charge in [-0.05, 0) is 70.9 Å². The first-order valence-electron chi connectivity index (χ1n) is 24.6. The molecule has 0 aromatic carbocycles. The molecule has 0 unspecified atom stereocenters. The predicted octanol–water partition coefficient (Wildman–Crippen LogP) is 12.6. The molecule has 1 N–H and O–H groups in total. The molecule has 0 aromatic rings. The first kappa shape index (κ1) is 51.8. The van der Waals surface area contributed by atoms with Crippen molar-refractivity contribution in [1.29, 1.82) is 0 Å². The molecule has 0 bridgehead atoms. The van der Waals surface area contributed by atoms with Crippen molar-refractivity contribution in [3.63, 3.8) is 0 Å². The molecule has 1 aliphatic heterocycles. The minimum Gasteiger partial charge on any atom is -0.466 e. The highest BCUT2D eigenvalue weighted by atomic mass is 16.5. The average molecular weight is 778 g/mol. The third-order valence-electron chi connectivity index (χ3n) is 11.7. The summed E-state index contributed by atoms with van der Waals surface area (Å²) in [4.78, 5) is 30.4. The van der Waals surface area contributed by atoms with E-state index in [2.05, 4.69) is 35.9 Å². The maximum atomic E-state index is 12.8. The van der Waals surface area contributed by atoms with Crippen LogP contribution in [0.15, 0.2) is 0 Å². The van der Waals surface area contributed by atoms with Crippen LogP contribution in [0.4, 0.5) is 0 Å². The van der Waals surface area contributed by atoms with Gasteiger partial charge in [0, 0.05) is 52.1 Å². The molecule has 55 heavy (non-hydrogen) atoms. The average Bonchev–Trinajstić information content (AvgIpc) is 3.19. The van der Waals surface area contributed by atoms with Crippen molar-refractivity contribution in [2.24, 2.45) is 0 Å². The highest BCUT2D eigenvalue weighted by Gasteiger charge is 2.15. The van der Waals surface area contributed by atoms with Crippen molar-refractivity contribution in [1.82, 2.24) is 15.1 Å². The lowest BCUT2D eigenvalue weighted by Gasteiger charge is -2.30. The minimum absolute atomic E-state index is 0.00968. The molecule has 1 heterocycles. The normalized spacial score (nSPS) is 13.6. The molecule has 7 nitrogen and oxygen atoms in total. The standard InChI is InChI=1S/C48H95N3O4/c1-4-7-10-13-16-17-18-24-32-45-54-47(52)35-29-25-31-40-50(43-44-51-41-37-49-38-42-51)39-30-23-19-22-28-36-48(53)55-46(33-26-20-14-11-8-5-2)34-27-21-15-12-9-6-3/h46,49H,4-45H2,1-3H3. The Balaban J connectivity index is 2.25. The lowest BCUT2D eigenvalue weighted by molar-refractivity contribution is -0.150. The van der Waals surface area contributed by atoms with E-state index in [1.54, 1.807) is 0 Å². The number of piperazine rings is 1. The zero-order valence-corrected chi connectivity index (χ0v) is 37.3. The van der Waals surface area contributed by atoms with Crippen LogP contribution in [0, 0.1) is 0 Å². The Labute approximate surface area is 343 Å². The monoisotopic (exact) mass is 778 g/mol. The maximum absolute atomic E-state index is 12.8. The van der Waals surface area contributed by atoms with Crippen molar-refractivity contribution in [3.05, 3.63) is 0 Å². The van der Waals surface area contributed by atoms with Gasteiger partial charge in [-0.25, -0.2) is 0 Å². The molecule has 326 valence electrons. The van der Waals surface area contributed by atoms with Crippen LogP contribution in [0.3, 0.4) is 0 Å². The largest absolute Gasteiger partial charge is 0.466 e. The van der Waals surface area contributed by atoms with E-state index in [1.807, 2.05) is 0 Å². The summed E-state index contributed by atoms with van der Waals surface area (Å²) < 4.78 is 11.6. The smallest absolute Gasteiger partial charge is 0.306 e. The Bertz CT molecular complexity index is 805. The molecule has 0 spiro atoms. The third-order valence-corrected chi connectivity index (χ3v) is 11.7. The number of esters is 2. The molecule has 0 amide bonds. The van der Waals surface area contributed by atoms with Gasteiger partial charge in [0.2, 0.25) is 0 Å². The lowest BCUT2D eigenvalue weighted by atomic mass is 10.0. The number of carbonyl (C=O) groups is 2. The molecule has 1 saturated heterocycles. The van der Waals surface area contributed by atoms with Crippen molar-refractivity contribution >= 4 is 11.9 Å². The van der Waals surface area contributed by atoms with Crippen LogP contribution in [-0.2, 0) is 19.1 Å². The highest BCUT2D eigenvalue weighted by molar-refractivity contribution is 5.69. The van der Waals surface area contributed by atoms with Gasteiger partial charge in [0.1, 0.15) is 6.10 Å². The van der Waals surface area contributed by atoms with Crippen LogP contribution < -0.4 is 5.32 Å². The fraction of sp³-hybridized carbons (Fsp3) is 0.958. The lowest BCUT2D eigenvalue weighted by Crippen LogP contribution is -2.46. The number of unbranched alkanes of at least 4 members (excludes halogenated alkanes) is 24. The van der Waals surface area contributed by atoms with E-state index in [0.717, 1.165) is 104 Å². The van der Waals surface area contributed by atoms with E-state index >= 15 is 0 Å². The Hall–Kier alpha value is -1.18. The number of nitrogens with one attached hydrogen (secondary N) is 1. The molecule has 1 aliphatic rings. The summed E-state index contributed by atoms with van der Waals surface area (Å²) in [6, 6.07) is 0. The van der Waals surface area contributed by atoms with Gasteiger partial charge < -0.3 is 19.7 Å². The maximum Gasteiger partial charge on any atom is 0.306 e. The van der Waals surface area contributed by atoms with E-state index in [0.29, 0.717) is 19.4 Å². The highest BCUT2D eigenvalue weighted by Crippen LogP contribution is 2.19. The summed E-state index contributed by atoms with van der Waals surface area (Å²) in [5, 5.41) is 3.48. The Kier molecular flexibility index (Phi) is 38.6. The quantitative estimate of drug-likeness (QED) is 0.0489. The number of rotatable bonds is 42. The van der Waals surface area contributed by atoms with Crippen molar-refractivity contribution in [2.75, 3.05) is 59.0 Å². The summed E-state index contributed by atoms with van der Waals surface area (Å²) >= 11 is 0. The van der Waals surface area contributed by atoms with Crippen LogP contribution in [0.25, 0.3) is 0 Å². The molecular formula is C48H95N3O4. The molecule has 0 aromatic heterocycles. The summed E-state index contributed by atoms with van der Waals surface area (Å²) in [6.07, 6.45) is 39.3. The molecule has 0 saturated carbocycles. The SMILES string of the molecule is CCCCCCCCCCCOC(=O)CCCCCN(CCCCCCCC(=O)OC(CCCCCCCC)CCCCCCCC)CCN1CCNCC1. The second-order valence-corrected chi connectivity index (χ2v) is 17.0. The van der Waals surface area contributed by atoms with E-state index in [-0.39, 0.29) is 18.0 Å². The fourth-order valence-corrected chi connectivity index (χ4v) is 7.95. The number of nitrogens with zero attached hydrogens (tertiary/aromatic N) is 2. The number of hydrogen-bond donors (Lipinski definition) is 1. The third kappa shape index (κ3) is 35.7. The molecule has 7 heteroatoms. The zero-order chi connectivity index (χ0) is 39.7. The van der Waals surface area contributed by atoms with E-state index in [9.17, 15) is 9.59 Å². The van der Waals surface area contributed by atoms with Gasteiger partial charge in [0.15, 0.2) is 0 Å². The number of hydrogen-bond acceptors (Lipinski definition) is 7. The van der Waals surface area contributed by atoms with Gasteiger partial charge in [0.05, 0.1) is 6.61 Å². The van der Waals surface area contributed by atoms with Gasteiger partial charge in [-0.1, -0.05) is 162 Å². The van der Waals surface area contributed by atoms with Crippen molar-refractivity contribution in [3.8, 4) is 0 Å². The second kappa shape index (κ2) is 41.0. The summed E-state index contributed by atoms with van der Waals surface area (Å²) in [7, 11) is 0. The second-order valence-electron chi connectivity index (χ2n) is 17.0. The Morgan fingerprint density at radius 3 is 1.45 bits per heavy atom. The number of carbonyl (C=O) groups excluding carboxylic acids is 2. The van der Waals surface area contributed by atoms with Crippen molar-refractivity contribution in [2.45, 2.75) is 239 Å². The molecule has 1 fully saturated rings. The predicted molar refractivity (Wildman–Crippen MR) is 236 cm³/mol. The fourth-order valence-electron chi connectivity index (χ4n) is 7.95. The summed E-state index contributed by atoms with van der Waals surface area (Å²) in [5.74, 6) is 0.0256. The van der Waals surface area contributed by atoms with Crippen LogP contribution in [0.5, 0.6) is 0 Å². The first-order valence-corrected chi connectivity index (χ1v) is 24.6. The van der Waals surface area contributed by atoms with E-state index < -0.39 is 0 Å². The molecule has 0 atom stereocenters. The molecule has 1 rings (SSSR count). The number of ether oxygens (including phenoxy) is 2. The zero-order valence-electron chi connectivity index (χ0n) is 37.3. The van der Waals surface area contributed by atoms with Gasteiger partial charge in [-0.2, -0.15) is 0 Å². The van der Waals surface area contributed by atoms with E-state index in [4.69, 9.17) is 9.47 Å². The van der Waals surface area contributed by atoms with Crippen molar-refractivity contribution < 1.29 is 19.1 Å². The molecule has 0 radical (unpaired) electrons. The van der Waals surface area contributed by atoms with Gasteiger partial charge in [-0.3, -0.25) is 14.5 Å². The molecule has 0 aliphatic carbocycles. The summed E-state index contributed by atoms with van der Waals surface area (Å²) in [6.45, 7) is 16.4. The first-order chi connectivity index (χ1) is 27.1. The van der Waals surface area contributed by atoms with Crippen LogP contribution in [-0.4, -0.2) is 86.8 Å². The van der Waals surface area contributed by atoms with E-state index in [1.165, 1.54) is 148 Å². The minimum atomic E-state index is -0.00968. The van der Waals surface area contributed by atoms with Gasteiger partial charge in [-0.15, -0.1) is 0 Å². The molecular weight excluding hydrogens is 683 g/mol. The Morgan fingerprint density at radius 1 is 0.509 bits per heavy atom. The van der Waals surface area contributed by atoms with Crippen LogP contribution in [0.2, 0.25) is 0 Å². The van der Waals surface area contributed by atoms with Crippen LogP contribution in [0.1, 0.15) is 233 Å². The topological polar surface area (TPSA) is 71.1 Å². The summed E-state index contributed by atoms with van der Waals surface area (Å²) in [5.41, 5.74) is 0. The Morgan fingerprint density at radius 2 is 0.927 bits per heavy atom.